The van der Waals surface area contributed by atoms with Crippen LogP contribution < -0.4 is 4.72 Å². The van der Waals surface area contributed by atoms with Gasteiger partial charge in [-0.1, -0.05) is 0 Å². The molecule has 8 nitrogen and oxygen atoms in total. The summed E-state index contributed by atoms with van der Waals surface area (Å²) in [5, 5.41) is 17.1. The number of aliphatic hydroxyl groups is 1. The van der Waals surface area contributed by atoms with E-state index in [2.05, 4.69) is 9.97 Å². The van der Waals surface area contributed by atoms with Crippen molar-refractivity contribution in [3.63, 3.8) is 0 Å². The van der Waals surface area contributed by atoms with Gasteiger partial charge in [-0.3, -0.25) is 0 Å². The van der Waals surface area contributed by atoms with Crippen molar-refractivity contribution in [1.82, 2.24) is 14.7 Å². The molecule has 90 valence electrons. The van der Waals surface area contributed by atoms with Crippen LogP contribution in [0, 0.1) is 6.92 Å². The number of aromatic amines is 1. The number of aromatic nitrogens is 2. The quantitative estimate of drug-likeness (QED) is 0.499. The SMILES string of the molecule is Cc1ncc(S(=O)(=O)NCC(O)C(=O)O)[nH]1. The van der Waals surface area contributed by atoms with E-state index in [1.165, 1.54) is 0 Å². The van der Waals surface area contributed by atoms with Crippen molar-refractivity contribution in [3.8, 4) is 0 Å². The molecule has 1 rings (SSSR count). The molecule has 0 radical (unpaired) electrons. The summed E-state index contributed by atoms with van der Waals surface area (Å²) >= 11 is 0. The monoisotopic (exact) mass is 249 g/mol. The lowest BCUT2D eigenvalue weighted by molar-refractivity contribution is -0.146. The number of carboxylic acid groups (broad SMARTS) is 1. The largest absolute Gasteiger partial charge is 0.479 e. The van der Waals surface area contributed by atoms with Crippen LogP contribution in [-0.2, 0) is 14.8 Å². The van der Waals surface area contributed by atoms with Crippen LogP contribution >= 0.6 is 0 Å². The predicted molar refractivity (Wildman–Crippen MR) is 52.2 cm³/mol. The van der Waals surface area contributed by atoms with Crippen LogP contribution in [0.5, 0.6) is 0 Å². The molecule has 16 heavy (non-hydrogen) atoms. The fraction of sp³-hybridized carbons (Fsp3) is 0.429. The van der Waals surface area contributed by atoms with E-state index in [0.717, 1.165) is 6.20 Å². The summed E-state index contributed by atoms with van der Waals surface area (Å²) in [6, 6.07) is 0. The Bertz CT molecular complexity index is 480. The molecule has 0 saturated carbocycles. The van der Waals surface area contributed by atoms with E-state index >= 15 is 0 Å². The lowest BCUT2D eigenvalue weighted by Crippen LogP contribution is -2.36. The zero-order valence-corrected chi connectivity index (χ0v) is 9.15. The lowest BCUT2D eigenvalue weighted by Gasteiger charge is -2.06. The highest BCUT2D eigenvalue weighted by molar-refractivity contribution is 7.89. The van der Waals surface area contributed by atoms with Gasteiger partial charge < -0.3 is 15.2 Å². The van der Waals surface area contributed by atoms with Gasteiger partial charge >= 0.3 is 5.97 Å². The van der Waals surface area contributed by atoms with Crippen molar-refractivity contribution < 1.29 is 23.4 Å². The Morgan fingerprint density at radius 2 is 2.31 bits per heavy atom. The molecular weight excluding hydrogens is 238 g/mol. The van der Waals surface area contributed by atoms with Crippen molar-refractivity contribution in [1.29, 1.82) is 0 Å². The first-order valence-electron chi connectivity index (χ1n) is 4.25. The van der Waals surface area contributed by atoms with E-state index in [0.29, 0.717) is 5.82 Å². The van der Waals surface area contributed by atoms with Gasteiger partial charge in [0.1, 0.15) is 5.82 Å². The zero-order chi connectivity index (χ0) is 12.3. The molecule has 1 unspecified atom stereocenters. The van der Waals surface area contributed by atoms with Gasteiger partial charge in [-0.05, 0) is 6.92 Å². The van der Waals surface area contributed by atoms with Gasteiger partial charge in [0, 0.05) is 6.54 Å². The van der Waals surface area contributed by atoms with Gasteiger partial charge in [0.15, 0.2) is 11.1 Å². The zero-order valence-electron chi connectivity index (χ0n) is 8.34. The Kier molecular flexibility index (Phi) is 3.62. The Hall–Kier alpha value is -1.45. The van der Waals surface area contributed by atoms with Crippen LogP contribution in [0.3, 0.4) is 0 Å². The van der Waals surface area contributed by atoms with Gasteiger partial charge in [-0.15, -0.1) is 0 Å². The second-order valence-electron chi connectivity index (χ2n) is 3.04. The third kappa shape index (κ3) is 3.02. The Morgan fingerprint density at radius 3 is 2.75 bits per heavy atom. The first-order chi connectivity index (χ1) is 7.33. The number of carbonyl (C=O) groups is 1. The summed E-state index contributed by atoms with van der Waals surface area (Å²) < 4.78 is 24.9. The van der Waals surface area contributed by atoms with Gasteiger partial charge in [-0.2, -0.15) is 0 Å². The van der Waals surface area contributed by atoms with Crippen molar-refractivity contribution in [3.05, 3.63) is 12.0 Å². The van der Waals surface area contributed by atoms with Gasteiger partial charge in [0.25, 0.3) is 10.0 Å². The van der Waals surface area contributed by atoms with Crippen molar-refractivity contribution in [2.75, 3.05) is 6.54 Å². The maximum atomic E-state index is 11.5. The summed E-state index contributed by atoms with van der Waals surface area (Å²) in [5.74, 6) is -1.08. The molecule has 0 fully saturated rings. The van der Waals surface area contributed by atoms with Gasteiger partial charge in [0.05, 0.1) is 6.20 Å². The fourth-order valence-electron chi connectivity index (χ4n) is 0.889. The molecule has 0 aliphatic heterocycles. The Labute approximate surface area is 91.4 Å². The fourth-order valence-corrected chi connectivity index (χ4v) is 1.89. The first kappa shape index (κ1) is 12.6. The number of H-pyrrole nitrogens is 1. The van der Waals surface area contributed by atoms with Crippen molar-refractivity contribution >= 4 is 16.0 Å². The smallest absolute Gasteiger partial charge is 0.333 e. The van der Waals surface area contributed by atoms with E-state index in [-0.39, 0.29) is 5.03 Å². The average Bonchev–Trinajstić information content (AvgIpc) is 2.61. The number of aliphatic hydroxyl groups excluding tert-OH is 1. The van der Waals surface area contributed by atoms with E-state index in [1.54, 1.807) is 6.92 Å². The number of imidazole rings is 1. The van der Waals surface area contributed by atoms with E-state index in [4.69, 9.17) is 10.2 Å². The summed E-state index contributed by atoms with van der Waals surface area (Å²) in [6.07, 6.45) is -0.677. The molecule has 0 aromatic carbocycles. The molecule has 0 aliphatic carbocycles. The molecule has 1 aromatic heterocycles. The number of sulfonamides is 1. The van der Waals surface area contributed by atoms with Gasteiger partial charge in [0.2, 0.25) is 0 Å². The van der Waals surface area contributed by atoms with Crippen LogP contribution in [0.2, 0.25) is 0 Å². The van der Waals surface area contributed by atoms with E-state index < -0.39 is 28.6 Å². The third-order valence-corrected chi connectivity index (χ3v) is 3.05. The molecule has 1 atom stereocenters. The molecule has 0 saturated heterocycles. The maximum absolute atomic E-state index is 11.5. The number of hydrogen-bond acceptors (Lipinski definition) is 5. The van der Waals surface area contributed by atoms with Crippen molar-refractivity contribution in [2.45, 2.75) is 18.1 Å². The summed E-state index contributed by atoms with van der Waals surface area (Å²) in [4.78, 5) is 16.4. The normalized spacial score (nSPS) is 13.6. The number of nitrogens with zero attached hydrogens (tertiary/aromatic N) is 1. The standard InChI is InChI=1S/C7H11N3O5S/c1-4-8-3-6(10-4)16(14,15)9-2-5(11)7(12)13/h3,5,9,11H,2H2,1H3,(H,8,10)(H,12,13). The van der Waals surface area contributed by atoms with E-state index in [9.17, 15) is 13.2 Å². The molecule has 1 heterocycles. The highest BCUT2D eigenvalue weighted by atomic mass is 32.2. The topological polar surface area (TPSA) is 132 Å². The highest BCUT2D eigenvalue weighted by Gasteiger charge is 2.20. The number of aryl methyl sites for hydroxylation is 1. The molecule has 1 aromatic rings. The second-order valence-corrected chi connectivity index (χ2v) is 4.77. The minimum Gasteiger partial charge on any atom is -0.479 e. The van der Waals surface area contributed by atoms with Crippen molar-refractivity contribution in [2.24, 2.45) is 0 Å². The first-order valence-corrected chi connectivity index (χ1v) is 5.73. The van der Waals surface area contributed by atoms with E-state index in [1.807, 2.05) is 4.72 Å². The van der Waals surface area contributed by atoms with Crippen LogP contribution in [0.4, 0.5) is 0 Å². The molecule has 0 amide bonds. The second kappa shape index (κ2) is 4.60. The van der Waals surface area contributed by atoms with Crippen LogP contribution in [0.25, 0.3) is 0 Å². The molecule has 9 heteroatoms. The lowest BCUT2D eigenvalue weighted by atomic mass is 10.4. The van der Waals surface area contributed by atoms with Crippen LogP contribution in [0.1, 0.15) is 5.82 Å². The van der Waals surface area contributed by atoms with Gasteiger partial charge in [-0.25, -0.2) is 22.9 Å². The maximum Gasteiger partial charge on any atom is 0.333 e. The molecular formula is C7H11N3O5S. The Morgan fingerprint density at radius 1 is 1.69 bits per heavy atom. The predicted octanol–water partition coefficient (Wildman–Crippen LogP) is -1.56. The Balaban J connectivity index is 2.70. The number of aliphatic carboxylic acids is 1. The van der Waals surface area contributed by atoms with Crippen LogP contribution in [0.15, 0.2) is 11.2 Å². The third-order valence-electron chi connectivity index (χ3n) is 1.72. The number of rotatable bonds is 5. The summed E-state index contributed by atoms with van der Waals surface area (Å²) in [5.41, 5.74) is 0. The number of hydrogen-bond donors (Lipinski definition) is 4. The minimum atomic E-state index is -3.86. The summed E-state index contributed by atoms with van der Waals surface area (Å²) in [7, 11) is -3.86. The minimum absolute atomic E-state index is 0.178. The molecule has 4 N–H and O–H groups in total. The molecule has 0 aliphatic rings. The number of carboxylic acids is 1. The highest BCUT2D eigenvalue weighted by Crippen LogP contribution is 2.04. The average molecular weight is 249 g/mol. The number of nitrogens with one attached hydrogen (secondary N) is 2. The van der Waals surface area contributed by atoms with Crippen LogP contribution in [-0.4, -0.2) is 47.2 Å². The molecule has 0 bridgehead atoms. The summed E-state index contributed by atoms with van der Waals surface area (Å²) in [6.45, 7) is 0.973. The molecule has 0 spiro atoms.